The summed E-state index contributed by atoms with van der Waals surface area (Å²) < 4.78 is 1.17. The maximum atomic E-state index is 9.09. The molecule has 2 N–H and O–H groups in total. The van der Waals surface area contributed by atoms with Crippen molar-refractivity contribution in [2.24, 2.45) is 0 Å². The molecule has 2 aromatic heterocycles. The average Bonchev–Trinajstić information content (AvgIpc) is 2.73. The number of hydrogen-bond donors (Lipinski definition) is 2. The van der Waals surface area contributed by atoms with Crippen LogP contribution in [0.15, 0.2) is 34.2 Å². The van der Waals surface area contributed by atoms with Crippen LogP contribution in [0.1, 0.15) is 10.6 Å². The molecule has 0 saturated heterocycles. The van der Waals surface area contributed by atoms with Crippen molar-refractivity contribution in [3.05, 3.63) is 44.8 Å². The Hall–Kier alpha value is -0.910. The van der Waals surface area contributed by atoms with Crippen molar-refractivity contribution in [2.45, 2.75) is 13.0 Å². The summed E-state index contributed by atoms with van der Waals surface area (Å²) in [4.78, 5) is 5.47. The average molecular weight is 313 g/mol. The first-order chi connectivity index (χ1) is 8.24. The monoisotopic (exact) mass is 312 g/mol. The van der Waals surface area contributed by atoms with Crippen LogP contribution in [0.2, 0.25) is 0 Å². The van der Waals surface area contributed by atoms with Crippen LogP contribution in [0.3, 0.4) is 0 Å². The van der Waals surface area contributed by atoms with E-state index in [9.17, 15) is 0 Å². The maximum Gasteiger partial charge on any atom is 0.133 e. The third kappa shape index (κ3) is 4.11. The highest BCUT2D eigenvalue weighted by Crippen LogP contribution is 2.22. The summed E-state index contributed by atoms with van der Waals surface area (Å²) in [6, 6.07) is 7.68. The lowest BCUT2D eigenvalue weighted by Gasteiger charge is -2.03. The maximum absolute atomic E-state index is 9.09. The number of rotatable bonds is 5. The van der Waals surface area contributed by atoms with Crippen LogP contribution < -0.4 is 5.32 Å². The Balaban J connectivity index is 1.71. The first-order valence-electron chi connectivity index (χ1n) is 5.33. The largest absolute Gasteiger partial charge is 0.506 e. The summed E-state index contributed by atoms with van der Waals surface area (Å²) in [5, 5.41) is 12.4. The van der Waals surface area contributed by atoms with Crippen molar-refractivity contribution < 1.29 is 5.11 Å². The van der Waals surface area contributed by atoms with Gasteiger partial charge in [0.2, 0.25) is 0 Å². The minimum Gasteiger partial charge on any atom is -0.506 e. The summed E-state index contributed by atoms with van der Waals surface area (Å²) in [7, 11) is 0. The molecule has 0 amide bonds. The zero-order valence-corrected chi connectivity index (χ0v) is 11.6. The molecule has 0 atom stereocenters. The second-order valence-electron chi connectivity index (χ2n) is 3.64. The van der Waals surface area contributed by atoms with Crippen molar-refractivity contribution in [1.29, 1.82) is 0 Å². The van der Waals surface area contributed by atoms with Gasteiger partial charge in [-0.25, -0.2) is 0 Å². The zero-order chi connectivity index (χ0) is 12.1. The zero-order valence-electron chi connectivity index (χ0n) is 9.19. The van der Waals surface area contributed by atoms with Gasteiger partial charge < -0.3 is 10.4 Å². The van der Waals surface area contributed by atoms with Gasteiger partial charge in [-0.15, -0.1) is 11.3 Å². The van der Waals surface area contributed by atoms with E-state index >= 15 is 0 Å². The molecular weight excluding hydrogens is 300 g/mol. The number of hydrogen-bond acceptors (Lipinski definition) is 4. The second-order valence-corrected chi connectivity index (χ2v) is 6.19. The molecular formula is C12H13BrN2OS. The van der Waals surface area contributed by atoms with Gasteiger partial charge in [0.15, 0.2) is 0 Å². The number of aromatic nitrogens is 1. The van der Waals surface area contributed by atoms with Crippen molar-refractivity contribution in [3.63, 3.8) is 0 Å². The van der Waals surface area contributed by atoms with Gasteiger partial charge in [0.05, 0.1) is 15.7 Å². The van der Waals surface area contributed by atoms with Gasteiger partial charge in [-0.2, -0.15) is 0 Å². The van der Waals surface area contributed by atoms with Gasteiger partial charge in [-0.05, 0) is 46.6 Å². The SMILES string of the molecule is Oc1ccc(CNCCc2ccc(Br)s2)nc1. The standard InChI is InChI=1S/C12H13BrN2OS/c13-12-4-3-11(17-12)5-6-14-7-9-1-2-10(16)8-15-9/h1-4,8,14,16H,5-7H2. The number of nitrogens with one attached hydrogen (secondary N) is 1. The lowest BCUT2D eigenvalue weighted by Crippen LogP contribution is -2.16. The highest BCUT2D eigenvalue weighted by atomic mass is 79.9. The van der Waals surface area contributed by atoms with Gasteiger partial charge in [-0.3, -0.25) is 4.98 Å². The molecule has 0 aliphatic rings. The fourth-order valence-electron chi connectivity index (χ4n) is 1.44. The van der Waals surface area contributed by atoms with E-state index in [4.69, 9.17) is 5.11 Å². The summed E-state index contributed by atoms with van der Waals surface area (Å²) in [6.07, 6.45) is 2.49. The van der Waals surface area contributed by atoms with Crippen LogP contribution in [0.25, 0.3) is 0 Å². The van der Waals surface area contributed by atoms with Crippen LogP contribution in [-0.2, 0) is 13.0 Å². The molecule has 0 bridgehead atoms. The molecule has 3 nitrogen and oxygen atoms in total. The van der Waals surface area contributed by atoms with E-state index in [1.165, 1.54) is 14.9 Å². The molecule has 0 radical (unpaired) electrons. The molecule has 0 fully saturated rings. The lowest BCUT2D eigenvalue weighted by molar-refractivity contribution is 0.471. The minimum absolute atomic E-state index is 0.206. The number of pyridine rings is 1. The Morgan fingerprint density at radius 1 is 1.29 bits per heavy atom. The third-order valence-corrected chi connectivity index (χ3v) is 3.98. The molecule has 0 spiro atoms. The van der Waals surface area contributed by atoms with E-state index in [0.717, 1.165) is 25.2 Å². The highest BCUT2D eigenvalue weighted by Gasteiger charge is 1.98. The molecule has 17 heavy (non-hydrogen) atoms. The summed E-state index contributed by atoms with van der Waals surface area (Å²) in [5.74, 6) is 0.206. The van der Waals surface area contributed by atoms with Crippen molar-refractivity contribution in [3.8, 4) is 5.75 Å². The minimum atomic E-state index is 0.206. The van der Waals surface area contributed by atoms with Crippen molar-refractivity contribution >= 4 is 27.3 Å². The lowest BCUT2D eigenvalue weighted by atomic mass is 10.3. The van der Waals surface area contributed by atoms with E-state index in [0.29, 0.717) is 0 Å². The van der Waals surface area contributed by atoms with Crippen LogP contribution in [0.5, 0.6) is 5.75 Å². The normalized spacial score (nSPS) is 10.6. The van der Waals surface area contributed by atoms with E-state index in [1.54, 1.807) is 17.4 Å². The molecule has 0 unspecified atom stereocenters. The second kappa shape index (κ2) is 6.14. The number of halogens is 1. The van der Waals surface area contributed by atoms with Gasteiger partial charge in [0.25, 0.3) is 0 Å². The first-order valence-corrected chi connectivity index (χ1v) is 6.94. The smallest absolute Gasteiger partial charge is 0.133 e. The topological polar surface area (TPSA) is 45.1 Å². The van der Waals surface area contributed by atoms with Crippen LogP contribution in [-0.4, -0.2) is 16.6 Å². The summed E-state index contributed by atoms with van der Waals surface area (Å²) >= 11 is 5.21. The fourth-order valence-corrected chi connectivity index (χ4v) is 2.92. The summed E-state index contributed by atoms with van der Waals surface area (Å²) in [5.41, 5.74) is 0.940. The van der Waals surface area contributed by atoms with Crippen LogP contribution >= 0.6 is 27.3 Å². The van der Waals surface area contributed by atoms with Gasteiger partial charge in [0, 0.05) is 18.0 Å². The Morgan fingerprint density at radius 3 is 2.82 bits per heavy atom. The van der Waals surface area contributed by atoms with Crippen LogP contribution in [0.4, 0.5) is 0 Å². The quantitative estimate of drug-likeness (QED) is 0.834. The Bertz CT molecular complexity index is 470. The van der Waals surface area contributed by atoms with E-state index in [2.05, 4.69) is 38.4 Å². The molecule has 90 valence electrons. The Kier molecular flexibility index (Phi) is 4.53. The van der Waals surface area contributed by atoms with Gasteiger partial charge >= 0.3 is 0 Å². The number of thiophene rings is 1. The molecule has 0 aliphatic carbocycles. The van der Waals surface area contributed by atoms with Crippen LogP contribution in [0, 0.1) is 0 Å². The highest BCUT2D eigenvalue weighted by molar-refractivity contribution is 9.11. The van der Waals surface area contributed by atoms with E-state index < -0.39 is 0 Å². The molecule has 0 aromatic carbocycles. The van der Waals surface area contributed by atoms with Crippen molar-refractivity contribution in [2.75, 3.05) is 6.54 Å². The number of aromatic hydroxyl groups is 1. The molecule has 0 saturated carbocycles. The Labute approximate surface area is 113 Å². The predicted molar refractivity (Wildman–Crippen MR) is 73.3 cm³/mol. The summed E-state index contributed by atoms with van der Waals surface area (Å²) in [6.45, 7) is 1.66. The third-order valence-electron chi connectivity index (χ3n) is 2.29. The number of nitrogens with zero attached hydrogens (tertiary/aromatic N) is 1. The molecule has 2 heterocycles. The first kappa shape index (κ1) is 12.5. The molecule has 0 aliphatic heterocycles. The molecule has 2 aromatic rings. The van der Waals surface area contributed by atoms with Gasteiger partial charge in [0.1, 0.15) is 5.75 Å². The van der Waals surface area contributed by atoms with E-state index in [1.807, 2.05) is 6.07 Å². The molecule has 5 heteroatoms. The predicted octanol–water partition coefficient (Wildman–Crippen LogP) is 2.94. The fraction of sp³-hybridized carbons (Fsp3) is 0.250. The Morgan fingerprint density at radius 2 is 2.18 bits per heavy atom. The van der Waals surface area contributed by atoms with E-state index in [-0.39, 0.29) is 5.75 Å². The van der Waals surface area contributed by atoms with Crippen molar-refractivity contribution in [1.82, 2.24) is 10.3 Å². The molecule has 2 rings (SSSR count). The van der Waals surface area contributed by atoms with Gasteiger partial charge in [-0.1, -0.05) is 0 Å².